The maximum absolute atomic E-state index is 12.6. The molecule has 0 aromatic heterocycles. The molecule has 1 fully saturated rings. The van der Waals surface area contributed by atoms with Crippen molar-refractivity contribution in [2.45, 2.75) is 46.1 Å². The average molecular weight is 360 g/mol. The van der Waals surface area contributed by atoms with Crippen LogP contribution >= 0.6 is 0 Å². The van der Waals surface area contributed by atoms with E-state index in [0.29, 0.717) is 31.6 Å². The molecule has 5 heteroatoms. The summed E-state index contributed by atoms with van der Waals surface area (Å²) in [6.07, 6.45) is 3.34. The monoisotopic (exact) mass is 360 g/mol. The van der Waals surface area contributed by atoms with Gasteiger partial charge in [-0.25, -0.2) is 0 Å². The molecule has 0 spiro atoms. The van der Waals surface area contributed by atoms with Gasteiger partial charge in [0, 0.05) is 13.0 Å². The van der Waals surface area contributed by atoms with E-state index in [1.165, 1.54) is 12.8 Å². The molecule has 5 nitrogen and oxygen atoms in total. The summed E-state index contributed by atoms with van der Waals surface area (Å²) in [7, 11) is 0. The van der Waals surface area contributed by atoms with Crippen LogP contribution in [0.2, 0.25) is 0 Å². The number of carbonyl (C=O) groups is 1. The molecule has 0 saturated carbocycles. The Morgan fingerprint density at radius 2 is 2.00 bits per heavy atom. The molecular formula is C21H32N2O3. The molecule has 1 aromatic carbocycles. The first-order valence-corrected chi connectivity index (χ1v) is 9.94. The first kappa shape index (κ1) is 19.0. The van der Waals surface area contributed by atoms with Crippen LogP contribution in [0, 0.1) is 11.8 Å². The summed E-state index contributed by atoms with van der Waals surface area (Å²) < 4.78 is 11.5. The third-order valence-electron chi connectivity index (χ3n) is 5.22. The minimum absolute atomic E-state index is 0.0260. The lowest BCUT2D eigenvalue weighted by atomic mass is 9.95. The number of nitrogens with one attached hydrogen (secondary N) is 1. The van der Waals surface area contributed by atoms with Crippen LogP contribution in [0.15, 0.2) is 18.2 Å². The fraction of sp³-hybridized carbons (Fsp3) is 0.667. The van der Waals surface area contributed by atoms with Crippen molar-refractivity contribution in [3.8, 4) is 11.5 Å². The number of hydrogen-bond donors (Lipinski definition) is 1. The third kappa shape index (κ3) is 4.91. The van der Waals surface area contributed by atoms with Gasteiger partial charge >= 0.3 is 0 Å². The van der Waals surface area contributed by atoms with Crippen LogP contribution < -0.4 is 14.8 Å². The van der Waals surface area contributed by atoms with Crippen molar-refractivity contribution in [2.75, 3.05) is 32.8 Å². The Hall–Kier alpha value is -1.75. The van der Waals surface area contributed by atoms with Gasteiger partial charge in [0.1, 0.15) is 0 Å². The minimum Gasteiger partial charge on any atom is -0.490 e. The van der Waals surface area contributed by atoms with Crippen LogP contribution in [-0.2, 0) is 4.79 Å². The Morgan fingerprint density at radius 1 is 1.23 bits per heavy atom. The minimum atomic E-state index is -0.0260. The highest BCUT2D eigenvalue weighted by molar-refractivity contribution is 5.78. The third-order valence-corrected chi connectivity index (χ3v) is 5.22. The predicted molar refractivity (Wildman–Crippen MR) is 103 cm³/mol. The van der Waals surface area contributed by atoms with Gasteiger partial charge in [0.2, 0.25) is 5.91 Å². The van der Waals surface area contributed by atoms with Crippen molar-refractivity contribution in [1.82, 2.24) is 10.2 Å². The van der Waals surface area contributed by atoms with Gasteiger partial charge in [-0.2, -0.15) is 0 Å². The van der Waals surface area contributed by atoms with Crippen LogP contribution in [0.25, 0.3) is 0 Å². The van der Waals surface area contributed by atoms with Gasteiger partial charge in [-0.15, -0.1) is 0 Å². The highest BCUT2D eigenvalue weighted by atomic mass is 16.5. The fourth-order valence-corrected chi connectivity index (χ4v) is 3.86. The SMILES string of the molecule is CC(C)[C@@H](NC(=O)CN1CCC[C@H](C)C1)c1ccc2c(c1)OCCCO2. The molecule has 1 N–H and O–H groups in total. The quantitative estimate of drug-likeness (QED) is 0.874. The molecule has 2 atom stereocenters. The maximum atomic E-state index is 12.6. The summed E-state index contributed by atoms with van der Waals surface area (Å²) in [6.45, 7) is 10.4. The topological polar surface area (TPSA) is 50.8 Å². The Morgan fingerprint density at radius 3 is 2.73 bits per heavy atom. The highest BCUT2D eigenvalue weighted by Crippen LogP contribution is 2.34. The average Bonchev–Trinajstić information content (AvgIpc) is 2.84. The van der Waals surface area contributed by atoms with Crippen LogP contribution in [0.3, 0.4) is 0 Å². The first-order chi connectivity index (χ1) is 12.5. The van der Waals surface area contributed by atoms with Crippen molar-refractivity contribution in [2.24, 2.45) is 11.8 Å². The standard InChI is InChI=1S/C21H32N2O3/c1-15(2)21(22-20(24)14-23-9-4-6-16(3)13-23)17-7-8-18-19(12-17)26-11-5-10-25-18/h7-8,12,15-16,21H,4-6,9-11,13-14H2,1-3H3,(H,22,24)/t16-,21+/m0/s1. The van der Waals surface area contributed by atoms with Crippen LogP contribution in [0.1, 0.15) is 51.6 Å². The number of carbonyl (C=O) groups excluding carboxylic acids is 1. The van der Waals surface area contributed by atoms with Crippen molar-refractivity contribution < 1.29 is 14.3 Å². The van der Waals surface area contributed by atoms with Gasteiger partial charge < -0.3 is 14.8 Å². The van der Waals surface area contributed by atoms with E-state index in [2.05, 4.69) is 31.0 Å². The lowest BCUT2D eigenvalue weighted by molar-refractivity contribution is -0.123. The van der Waals surface area contributed by atoms with E-state index in [-0.39, 0.29) is 11.9 Å². The van der Waals surface area contributed by atoms with E-state index in [9.17, 15) is 4.79 Å². The Bertz CT molecular complexity index is 617. The fourth-order valence-electron chi connectivity index (χ4n) is 3.86. The molecule has 1 aromatic rings. The Labute approximate surface area is 157 Å². The van der Waals surface area contributed by atoms with Crippen LogP contribution in [0.5, 0.6) is 11.5 Å². The smallest absolute Gasteiger partial charge is 0.234 e. The summed E-state index contributed by atoms with van der Waals surface area (Å²) in [5.41, 5.74) is 1.07. The van der Waals surface area contributed by atoms with Gasteiger partial charge in [-0.3, -0.25) is 9.69 Å². The molecule has 2 aliphatic rings. The number of ether oxygens (including phenoxy) is 2. The van der Waals surface area contributed by atoms with Gasteiger partial charge in [0.25, 0.3) is 0 Å². The maximum Gasteiger partial charge on any atom is 0.234 e. The van der Waals surface area contributed by atoms with E-state index < -0.39 is 0 Å². The van der Waals surface area contributed by atoms with E-state index in [0.717, 1.165) is 36.6 Å². The second kappa shape index (κ2) is 8.76. The zero-order valence-electron chi connectivity index (χ0n) is 16.3. The molecule has 144 valence electrons. The van der Waals surface area contributed by atoms with Crippen molar-refractivity contribution >= 4 is 5.91 Å². The summed E-state index contributed by atoms with van der Waals surface area (Å²) >= 11 is 0. The second-order valence-electron chi connectivity index (χ2n) is 8.03. The number of rotatable bonds is 5. The van der Waals surface area contributed by atoms with E-state index in [1.54, 1.807) is 0 Å². The molecular weight excluding hydrogens is 328 g/mol. The molecule has 26 heavy (non-hydrogen) atoms. The van der Waals surface area contributed by atoms with Gasteiger partial charge in [0.15, 0.2) is 11.5 Å². The van der Waals surface area contributed by atoms with Gasteiger partial charge in [0.05, 0.1) is 25.8 Å². The Kier molecular flexibility index (Phi) is 6.41. The van der Waals surface area contributed by atoms with Crippen LogP contribution in [-0.4, -0.2) is 43.7 Å². The molecule has 2 aliphatic heterocycles. The molecule has 0 unspecified atom stereocenters. The number of hydrogen-bond acceptors (Lipinski definition) is 4. The molecule has 1 saturated heterocycles. The summed E-state index contributed by atoms with van der Waals surface area (Å²) in [5, 5.41) is 3.24. The molecule has 0 aliphatic carbocycles. The highest BCUT2D eigenvalue weighted by Gasteiger charge is 2.23. The largest absolute Gasteiger partial charge is 0.490 e. The van der Waals surface area contributed by atoms with Gasteiger partial charge in [-0.1, -0.05) is 26.8 Å². The number of likely N-dealkylation sites (tertiary alicyclic amines) is 1. The van der Waals surface area contributed by atoms with Crippen molar-refractivity contribution in [3.05, 3.63) is 23.8 Å². The lowest BCUT2D eigenvalue weighted by Crippen LogP contribution is -2.43. The lowest BCUT2D eigenvalue weighted by Gasteiger charge is -2.31. The number of piperidine rings is 1. The molecule has 0 bridgehead atoms. The Balaban J connectivity index is 1.67. The van der Waals surface area contributed by atoms with E-state index >= 15 is 0 Å². The van der Waals surface area contributed by atoms with Crippen molar-refractivity contribution in [1.29, 1.82) is 0 Å². The molecule has 0 radical (unpaired) electrons. The molecule has 3 rings (SSSR count). The summed E-state index contributed by atoms with van der Waals surface area (Å²) in [5.74, 6) is 2.65. The number of amides is 1. The normalized spacial score (nSPS) is 21.9. The number of nitrogens with zero attached hydrogens (tertiary/aromatic N) is 1. The second-order valence-corrected chi connectivity index (χ2v) is 8.03. The van der Waals surface area contributed by atoms with Gasteiger partial charge in [-0.05, 0) is 48.9 Å². The summed E-state index contributed by atoms with van der Waals surface area (Å²) in [4.78, 5) is 14.9. The zero-order chi connectivity index (χ0) is 18.5. The first-order valence-electron chi connectivity index (χ1n) is 9.94. The van der Waals surface area contributed by atoms with Crippen LogP contribution in [0.4, 0.5) is 0 Å². The molecule has 2 heterocycles. The van der Waals surface area contributed by atoms with E-state index in [1.807, 2.05) is 18.2 Å². The predicted octanol–water partition coefficient (Wildman–Crippen LogP) is 3.39. The summed E-state index contributed by atoms with van der Waals surface area (Å²) in [6, 6.07) is 6.00. The van der Waals surface area contributed by atoms with E-state index in [4.69, 9.17) is 9.47 Å². The number of benzene rings is 1. The number of fused-ring (bicyclic) bond motifs is 1. The molecule has 1 amide bonds. The van der Waals surface area contributed by atoms with Crippen molar-refractivity contribution in [3.63, 3.8) is 0 Å². The zero-order valence-corrected chi connectivity index (χ0v) is 16.3.